The molecule has 0 aliphatic carbocycles. The molecule has 0 saturated carbocycles. The van der Waals surface area contributed by atoms with E-state index in [1.807, 2.05) is 0 Å². The number of cyclic esters (lactones) is 1. The number of amides is 2. The van der Waals surface area contributed by atoms with Crippen molar-refractivity contribution in [1.82, 2.24) is 15.1 Å². The second-order valence-corrected chi connectivity index (χ2v) is 5.69. The van der Waals surface area contributed by atoms with Crippen LogP contribution in [0.15, 0.2) is 33.9 Å². The highest BCUT2D eigenvalue weighted by Crippen LogP contribution is 2.25. The minimum Gasteiger partial charge on any atom is -0.447 e. The summed E-state index contributed by atoms with van der Waals surface area (Å²) >= 11 is 6.97. The number of halogens is 1. The number of thioether (sulfide) groups is 1. The number of imide groups is 1. The third-order valence-electron chi connectivity index (χ3n) is 2.86. The van der Waals surface area contributed by atoms with Gasteiger partial charge in [-0.2, -0.15) is 0 Å². The van der Waals surface area contributed by atoms with Crippen LogP contribution in [0, 0.1) is 0 Å². The molecule has 22 heavy (non-hydrogen) atoms. The summed E-state index contributed by atoms with van der Waals surface area (Å²) in [5.41, 5.74) is 0.696. The van der Waals surface area contributed by atoms with Gasteiger partial charge in [0.1, 0.15) is 6.61 Å². The molecule has 3 rings (SSSR count). The highest BCUT2D eigenvalue weighted by molar-refractivity contribution is 7.99. The van der Waals surface area contributed by atoms with Crippen molar-refractivity contribution in [3.8, 4) is 11.5 Å². The van der Waals surface area contributed by atoms with Crippen molar-refractivity contribution in [1.29, 1.82) is 0 Å². The molecule has 1 aromatic carbocycles. The van der Waals surface area contributed by atoms with E-state index in [0.29, 0.717) is 16.5 Å². The normalized spacial score (nSPS) is 14.2. The van der Waals surface area contributed by atoms with Gasteiger partial charge >= 0.3 is 6.09 Å². The molecule has 0 unspecified atom stereocenters. The predicted octanol–water partition coefficient (Wildman–Crippen LogP) is 2.46. The van der Waals surface area contributed by atoms with E-state index in [9.17, 15) is 9.59 Å². The second kappa shape index (κ2) is 6.37. The number of rotatable bonds is 4. The van der Waals surface area contributed by atoms with Crippen molar-refractivity contribution in [3.63, 3.8) is 0 Å². The quantitative estimate of drug-likeness (QED) is 0.791. The molecule has 0 bridgehead atoms. The Hall–Kier alpha value is -2.06. The SMILES string of the molecule is O=C(CSc1nnc(-c2cccc(Cl)c2)o1)N1CCOC1=O. The second-order valence-electron chi connectivity index (χ2n) is 4.33. The Kier molecular flexibility index (Phi) is 4.30. The number of hydrogen-bond donors (Lipinski definition) is 0. The smallest absolute Gasteiger partial charge is 0.416 e. The van der Waals surface area contributed by atoms with Gasteiger partial charge in [-0.25, -0.2) is 9.69 Å². The summed E-state index contributed by atoms with van der Waals surface area (Å²) < 4.78 is 10.2. The number of nitrogens with zero attached hydrogens (tertiary/aromatic N) is 3. The Balaban J connectivity index is 1.62. The van der Waals surface area contributed by atoms with Crippen LogP contribution in [0.2, 0.25) is 5.02 Å². The van der Waals surface area contributed by atoms with Crippen LogP contribution in [-0.2, 0) is 9.53 Å². The van der Waals surface area contributed by atoms with Crippen molar-refractivity contribution in [2.24, 2.45) is 0 Å². The van der Waals surface area contributed by atoms with Crippen LogP contribution in [0.4, 0.5) is 4.79 Å². The Bertz CT molecular complexity index is 721. The lowest BCUT2D eigenvalue weighted by Gasteiger charge is -2.08. The molecular formula is C13H10ClN3O4S. The zero-order chi connectivity index (χ0) is 15.5. The lowest BCUT2D eigenvalue weighted by molar-refractivity contribution is -0.125. The monoisotopic (exact) mass is 339 g/mol. The first kappa shape index (κ1) is 14.9. The number of hydrogen-bond acceptors (Lipinski definition) is 7. The van der Waals surface area contributed by atoms with E-state index in [1.54, 1.807) is 24.3 Å². The Morgan fingerprint density at radius 1 is 1.41 bits per heavy atom. The maximum Gasteiger partial charge on any atom is 0.416 e. The van der Waals surface area contributed by atoms with Gasteiger partial charge in [0, 0.05) is 10.6 Å². The Morgan fingerprint density at radius 2 is 2.27 bits per heavy atom. The van der Waals surface area contributed by atoms with Crippen LogP contribution >= 0.6 is 23.4 Å². The molecular weight excluding hydrogens is 330 g/mol. The minimum absolute atomic E-state index is 0.0201. The molecule has 2 aromatic rings. The average Bonchev–Trinajstić information content (AvgIpc) is 3.14. The van der Waals surface area contributed by atoms with Gasteiger partial charge in [0.2, 0.25) is 11.8 Å². The fourth-order valence-electron chi connectivity index (χ4n) is 1.83. The van der Waals surface area contributed by atoms with Crippen molar-refractivity contribution >= 4 is 35.4 Å². The van der Waals surface area contributed by atoms with E-state index in [4.69, 9.17) is 20.8 Å². The number of aromatic nitrogens is 2. The van der Waals surface area contributed by atoms with Crippen molar-refractivity contribution in [3.05, 3.63) is 29.3 Å². The van der Waals surface area contributed by atoms with Crippen LogP contribution in [0.25, 0.3) is 11.5 Å². The molecule has 0 N–H and O–H groups in total. The van der Waals surface area contributed by atoms with Gasteiger partial charge in [-0.15, -0.1) is 10.2 Å². The fraction of sp³-hybridized carbons (Fsp3) is 0.231. The van der Waals surface area contributed by atoms with Gasteiger partial charge < -0.3 is 9.15 Å². The first-order chi connectivity index (χ1) is 10.6. The van der Waals surface area contributed by atoms with Gasteiger partial charge in [-0.05, 0) is 18.2 Å². The highest BCUT2D eigenvalue weighted by atomic mass is 35.5. The summed E-state index contributed by atoms with van der Waals surface area (Å²) in [5.74, 6) is -0.0141. The summed E-state index contributed by atoms with van der Waals surface area (Å²) in [6.07, 6.45) is -0.615. The third kappa shape index (κ3) is 3.23. The van der Waals surface area contributed by atoms with Crippen LogP contribution in [0.5, 0.6) is 0 Å². The first-order valence-electron chi connectivity index (χ1n) is 6.33. The van der Waals surface area contributed by atoms with E-state index >= 15 is 0 Å². The molecule has 7 nitrogen and oxygen atoms in total. The molecule has 2 amide bonds. The average molecular weight is 340 g/mol. The molecule has 1 saturated heterocycles. The van der Waals surface area contributed by atoms with Gasteiger partial charge in [0.15, 0.2) is 0 Å². The van der Waals surface area contributed by atoms with E-state index in [1.165, 1.54) is 0 Å². The van der Waals surface area contributed by atoms with E-state index in [0.717, 1.165) is 16.7 Å². The summed E-state index contributed by atoms with van der Waals surface area (Å²) in [7, 11) is 0. The van der Waals surface area contributed by atoms with Gasteiger partial charge in [0.05, 0.1) is 12.3 Å². The zero-order valence-corrected chi connectivity index (χ0v) is 12.8. The summed E-state index contributed by atoms with van der Waals surface area (Å²) in [4.78, 5) is 24.2. The molecule has 114 valence electrons. The van der Waals surface area contributed by atoms with Crippen LogP contribution in [0.3, 0.4) is 0 Å². The van der Waals surface area contributed by atoms with Crippen LogP contribution in [-0.4, -0.2) is 46.0 Å². The number of ether oxygens (including phenoxy) is 1. The maximum absolute atomic E-state index is 11.8. The Labute approximate surface area is 134 Å². The number of carbonyl (C=O) groups is 2. The molecule has 0 spiro atoms. The van der Waals surface area contributed by atoms with E-state index in [2.05, 4.69) is 10.2 Å². The topological polar surface area (TPSA) is 85.5 Å². The fourth-order valence-corrected chi connectivity index (χ4v) is 2.66. The summed E-state index contributed by atoms with van der Waals surface area (Å²) in [5, 5.41) is 8.57. The van der Waals surface area contributed by atoms with E-state index in [-0.39, 0.29) is 30.0 Å². The lowest BCUT2D eigenvalue weighted by Crippen LogP contribution is -2.32. The van der Waals surface area contributed by atoms with Gasteiger partial charge in [-0.3, -0.25) is 4.79 Å². The van der Waals surface area contributed by atoms with Crippen molar-refractivity contribution in [2.45, 2.75) is 5.22 Å². The molecule has 0 radical (unpaired) electrons. The molecule has 9 heteroatoms. The Morgan fingerprint density at radius 3 is 3.00 bits per heavy atom. The molecule has 1 aromatic heterocycles. The molecule has 1 aliphatic rings. The van der Waals surface area contributed by atoms with E-state index < -0.39 is 6.09 Å². The first-order valence-corrected chi connectivity index (χ1v) is 7.69. The lowest BCUT2D eigenvalue weighted by atomic mass is 10.2. The van der Waals surface area contributed by atoms with Crippen molar-refractivity contribution in [2.75, 3.05) is 18.9 Å². The van der Waals surface area contributed by atoms with Crippen LogP contribution in [0.1, 0.15) is 0 Å². The molecule has 1 fully saturated rings. The number of benzene rings is 1. The molecule has 0 atom stereocenters. The van der Waals surface area contributed by atoms with Crippen LogP contribution < -0.4 is 0 Å². The molecule has 2 heterocycles. The maximum atomic E-state index is 11.8. The minimum atomic E-state index is -0.615. The van der Waals surface area contributed by atoms with Gasteiger partial charge in [0.25, 0.3) is 5.22 Å². The summed E-state index contributed by atoms with van der Waals surface area (Å²) in [6, 6.07) is 7.01. The largest absolute Gasteiger partial charge is 0.447 e. The standard InChI is InChI=1S/C13H10ClN3O4S/c14-9-3-1-2-8(6-9)11-15-16-12(21-11)22-7-10(18)17-4-5-20-13(17)19/h1-3,6H,4-5,7H2. The highest BCUT2D eigenvalue weighted by Gasteiger charge is 2.28. The number of carbonyl (C=O) groups excluding carboxylic acids is 2. The zero-order valence-electron chi connectivity index (χ0n) is 11.2. The van der Waals surface area contributed by atoms with Crippen molar-refractivity contribution < 1.29 is 18.7 Å². The summed E-state index contributed by atoms with van der Waals surface area (Å²) in [6.45, 7) is 0.505. The predicted molar refractivity (Wildman–Crippen MR) is 78.5 cm³/mol. The molecule has 1 aliphatic heterocycles. The van der Waals surface area contributed by atoms with Gasteiger partial charge in [-0.1, -0.05) is 29.4 Å². The third-order valence-corrected chi connectivity index (χ3v) is 3.90.